The lowest BCUT2D eigenvalue weighted by Crippen LogP contribution is -2.25. The van der Waals surface area contributed by atoms with Crippen LogP contribution in [0, 0.1) is 9.39 Å². The van der Waals surface area contributed by atoms with Crippen molar-refractivity contribution in [2.75, 3.05) is 12.0 Å². The van der Waals surface area contributed by atoms with E-state index in [-0.39, 0.29) is 29.4 Å². The monoisotopic (exact) mass is 417 g/mol. The number of halogens is 2. The molecule has 0 saturated heterocycles. The number of ether oxygens (including phenoxy) is 1. The van der Waals surface area contributed by atoms with Gasteiger partial charge in [-0.25, -0.2) is 4.39 Å². The number of hydrogen-bond acceptors (Lipinski definition) is 4. The van der Waals surface area contributed by atoms with Crippen molar-refractivity contribution in [3.8, 4) is 5.88 Å². The Balaban J connectivity index is 2.16. The van der Waals surface area contributed by atoms with E-state index in [1.54, 1.807) is 12.1 Å². The first-order chi connectivity index (χ1) is 10.4. The molecule has 0 unspecified atom stereocenters. The van der Waals surface area contributed by atoms with Crippen LogP contribution in [0.5, 0.6) is 5.88 Å². The molecule has 3 N–H and O–H groups in total. The number of nitrogens with zero attached hydrogens (tertiary/aromatic N) is 1. The maximum Gasteiger partial charge on any atom is 0.254 e. The maximum absolute atomic E-state index is 13.7. The molecule has 0 spiro atoms. The normalized spacial score (nSPS) is 10.3. The molecule has 0 aliphatic rings. The van der Waals surface area contributed by atoms with Crippen molar-refractivity contribution in [3.05, 3.63) is 55.6 Å². The van der Waals surface area contributed by atoms with E-state index in [0.29, 0.717) is 0 Å². The first kappa shape index (κ1) is 16.3. The highest BCUT2D eigenvalue weighted by Gasteiger charge is 2.13. The van der Waals surface area contributed by atoms with Crippen molar-refractivity contribution in [2.24, 2.45) is 12.8 Å². The Kier molecular flexibility index (Phi) is 5.01. The van der Waals surface area contributed by atoms with Crippen molar-refractivity contribution in [2.45, 2.75) is 0 Å². The number of carbonyl (C=O) groups is 1. The number of pyridine rings is 1. The Labute approximate surface area is 139 Å². The summed E-state index contributed by atoms with van der Waals surface area (Å²) in [5.41, 5.74) is 5.22. The SMILES string of the molecule is Cn1c(OCNc2ccc(I)cc2F)c(C(N)=O)ccc1=O. The van der Waals surface area contributed by atoms with Gasteiger partial charge in [0.25, 0.3) is 11.5 Å². The Bertz CT molecular complexity index is 776. The van der Waals surface area contributed by atoms with Crippen molar-refractivity contribution in [1.29, 1.82) is 0 Å². The second-order valence-electron chi connectivity index (χ2n) is 4.40. The van der Waals surface area contributed by atoms with Gasteiger partial charge in [0, 0.05) is 16.7 Å². The molecule has 2 aromatic rings. The zero-order chi connectivity index (χ0) is 16.3. The predicted molar refractivity (Wildman–Crippen MR) is 88.4 cm³/mol. The van der Waals surface area contributed by atoms with Gasteiger partial charge in [0.05, 0.1) is 11.3 Å². The Morgan fingerprint density at radius 1 is 1.41 bits per heavy atom. The second-order valence-corrected chi connectivity index (χ2v) is 5.65. The highest BCUT2D eigenvalue weighted by atomic mass is 127. The summed E-state index contributed by atoms with van der Waals surface area (Å²) in [6, 6.07) is 7.19. The molecule has 0 saturated carbocycles. The molecule has 0 fully saturated rings. The molecule has 1 aromatic heterocycles. The van der Waals surface area contributed by atoms with E-state index in [1.807, 2.05) is 22.6 Å². The molecule has 6 nitrogen and oxygen atoms in total. The van der Waals surface area contributed by atoms with Crippen LogP contribution in [0.4, 0.5) is 10.1 Å². The average Bonchev–Trinajstić information content (AvgIpc) is 2.45. The highest BCUT2D eigenvalue weighted by molar-refractivity contribution is 14.1. The topological polar surface area (TPSA) is 86.3 Å². The molecule has 116 valence electrons. The third kappa shape index (κ3) is 3.56. The zero-order valence-electron chi connectivity index (χ0n) is 11.6. The van der Waals surface area contributed by atoms with Crippen LogP contribution in [-0.4, -0.2) is 17.2 Å². The van der Waals surface area contributed by atoms with Crippen LogP contribution in [0.3, 0.4) is 0 Å². The van der Waals surface area contributed by atoms with Gasteiger partial charge in [0.15, 0.2) is 6.73 Å². The molecule has 1 amide bonds. The molecule has 0 atom stereocenters. The fourth-order valence-electron chi connectivity index (χ4n) is 1.80. The molecule has 8 heteroatoms. The Morgan fingerprint density at radius 2 is 2.14 bits per heavy atom. The van der Waals surface area contributed by atoms with Gasteiger partial charge in [-0.05, 0) is 46.9 Å². The van der Waals surface area contributed by atoms with Gasteiger partial charge in [-0.1, -0.05) is 0 Å². The molecule has 2 rings (SSSR count). The van der Waals surface area contributed by atoms with Crippen LogP contribution in [-0.2, 0) is 7.05 Å². The van der Waals surface area contributed by atoms with Gasteiger partial charge in [0.1, 0.15) is 5.82 Å². The standard InChI is InChI=1S/C14H13FIN3O3/c1-19-12(20)5-3-9(13(17)21)14(19)22-7-18-11-4-2-8(16)6-10(11)15/h2-6,18H,7H2,1H3,(H2,17,21). The molecular weight excluding hydrogens is 404 g/mol. The summed E-state index contributed by atoms with van der Waals surface area (Å²) in [5.74, 6) is -1.11. The van der Waals surface area contributed by atoms with Crippen molar-refractivity contribution >= 4 is 34.2 Å². The van der Waals surface area contributed by atoms with Gasteiger partial charge in [0.2, 0.25) is 5.88 Å². The number of hydrogen-bond donors (Lipinski definition) is 2. The first-order valence-electron chi connectivity index (χ1n) is 6.21. The van der Waals surface area contributed by atoms with Gasteiger partial charge >= 0.3 is 0 Å². The molecule has 0 bridgehead atoms. The van der Waals surface area contributed by atoms with Gasteiger partial charge < -0.3 is 15.8 Å². The van der Waals surface area contributed by atoms with E-state index in [9.17, 15) is 14.0 Å². The summed E-state index contributed by atoms with van der Waals surface area (Å²) in [6.07, 6.45) is 0. The number of amides is 1. The van der Waals surface area contributed by atoms with Gasteiger partial charge in [-0.3, -0.25) is 14.2 Å². The number of carbonyl (C=O) groups excluding carboxylic acids is 1. The fourth-order valence-corrected chi connectivity index (χ4v) is 2.25. The first-order valence-corrected chi connectivity index (χ1v) is 7.29. The Morgan fingerprint density at radius 3 is 2.77 bits per heavy atom. The fraction of sp³-hybridized carbons (Fsp3) is 0.143. The third-order valence-electron chi connectivity index (χ3n) is 2.93. The van der Waals surface area contributed by atoms with Crippen LogP contribution >= 0.6 is 22.6 Å². The summed E-state index contributed by atoms with van der Waals surface area (Å²) in [7, 11) is 1.45. The number of nitrogens with two attached hydrogens (primary N) is 1. The molecule has 22 heavy (non-hydrogen) atoms. The van der Waals surface area contributed by atoms with Crippen LogP contribution in [0.25, 0.3) is 0 Å². The van der Waals surface area contributed by atoms with Crippen LogP contribution in [0.2, 0.25) is 0 Å². The van der Waals surface area contributed by atoms with E-state index in [2.05, 4.69) is 5.32 Å². The van der Waals surface area contributed by atoms with Crippen molar-refractivity contribution in [1.82, 2.24) is 4.57 Å². The van der Waals surface area contributed by atoms with Crippen molar-refractivity contribution in [3.63, 3.8) is 0 Å². The number of primary amides is 1. The quantitative estimate of drug-likeness (QED) is 0.573. The molecule has 0 radical (unpaired) electrons. The molecule has 0 aliphatic carbocycles. The number of nitrogens with one attached hydrogen (secondary N) is 1. The summed E-state index contributed by atoms with van der Waals surface area (Å²) in [4.78, 5) is 22.9. The van der Waals surface area contributed by atoms with Crippen LogP contribution in [0.15, 0.2) is 35.1 Å². The molecule has 0 aliphatic heterocycles. The van der Waals surface area contributed by atoms with E-state index >= 15 is 0 Å². The summed E-state index contributed by atoms with van der Waals surface area (Å²) >= 11 is 2.00. The smallest absolute Gasteiger partial charge is 0.254 e. The average molecular weight is 417 g/mol. The Hall–Kier alpha value is -2.10. The second kappa shape index (κ2) is 6.77. The molecular formula is C14H13FIN3O3. The number of benzene rings is 1. The zero-order valence-corrected chi connectivity index (χ0v) is 13.8. The van der Waals surface area contributed by atoms with E-state index in [0.717, 1.165) is 8.14 Å². The number of rotatable bonds is 5. The van der Waals surface area contributed by atoms with E-state index in [1.165, 1.54) is 25.2 Å². The maximum atomic E-state index is 13.7. The lowest BCUT2D eigenvalue weighted by atomic mass is 10.2. The molecule has 1 aromatic carbocycles. The van der Waals surface area contributed by atoms with Crippen molar-refractivity contribution < 1.29 is 13.9 Å². The predicted octanol–water partition coefficient (Wildman–Crippen LogP) is 1.68. The van der Waals surface area contributed by atoms with E-state index < -0.39 is 11.7 Å². The molecule has 1 heterocycles. The van der Waals surface area contributed by atoms with Gasteiger partial charge in [-0.15, -0.1) is 0 Å². The minimum absolute atomic E-state index is 0.0263. The number of aromatic nitrogens is 1. The summed E-state index contributed by atoms with van der Waals surface area (Å²) in [6.45, 7) is -0.130. The van der Waals surface area contributed by atoms with Gasteiger partial charge in [-0.2, -0.15) is 0 Å². The minimum Gasteiger partial charge on any atom is -0.457 e. The summed E-state index contributed by atoms with van der Waals surface area (Å²) in [5, 5.41) is 2.73. The third-order valence-corrected chi connectivity index (χ3v) is 3.60. The van der Waals surface area contributed by atoms with Crippen LogP contribution < -0.4 is 21.3 Å². The lowest BCUT2D eigenvalue weighted by molar-refractivity contribution is 0.0995. The minimum atomic E-state index is -0.717. The largest absolute Gasteiger partial charge is 0.457 e. The van der Waals surface area contributed by atoms with E-state index in [4.69, 9.17) is 10.5 Å². The van der Waals surface area contributed by atoms with Crippen LogP contribution in [0.1, 0.15) is 10.4 Å². The number of anilines is 1. The summed E-state index contributed by atoms with van der Waals surface area (Å²) < 4.78 is 21.0. The highest BCUT2D eigenvalue weighted by Crippen LogP contribution is 2.18. The lowest BCUT2D eigenvalue weighted by Gasteiger charge is -2.14.